The molecule has 0 unspecified atom stereocenters. The minimum Gasteiger partial charge on any atom is -0.491 e. The molecule has 0 saturated carbocycles. The molecule has 1 amide bonds. The summed E-state index contributed by atoms with van der Waals surface area (Å²) in [7, 11) is 0. The highest BCUT2D eigenvalue weighted by Crippen LogP contribution is 2.33. The van der Waals surface area contributed by atoms with Crippen molar-refractivity contribution >= 4 is 23.0 Å². The van der Waals surface area contributed by atoms with Gasteiger partial charge < -0.3 is 26.4 Å². The van der Waals surface area contributed by atoms with Gasteiger partial charge in [-0.05, 0) is 49.6 Å². The van der Waals surface area contributed by atoms with Crippen LogP contribution in [-0.4, -0.2) is 41.6 Å². The van der Waals surface area contributed by atoms with Crippen molar-refractivity contribution in [2.75, 3.05) is 35.6 Å². The van der Waals surface area contributed by atoms with E-state index in [9.17, 15) is 9.18 Å². The lowest BCUT2D eigenvalue weighted by Gasteiger charge is -2.33. The Kier molecular flexibility index (Phi) is 7.40. The predicted molar refractivity (Wildman–Crippen MR) is 131 cm³/mol. The molecule has 0 bridgehead atoms. The van der Waals surface area contributed by atoms with Crippen molar-refractivity contribution in [1.29, 1.82) is 0 Å². The first kappa shape index (κ1) is 24.3. The number of nitrogens with two attached hydrogens (primary N) is 2. The van der Waals surface area contributed by atoms with E-state index in [0.717, 1.165) is 31.1 Å². The molecule has 8 nitrogen and oxygen atoms in total. The molecular weight excluding hydrogens is 454 g/mol. The van der Waals surface area contributed by atoms with Crippen molar-refractivity contribution in [2.45, 2.75) is 32.2 Å². The summed E-state index contributed by atoms with van der Waals surface area (Å²) in [6.45, 7) is 3.60. The summed E-state index contributed by atoms with van der Waals surface area (Å²) in [5, 5.41) is 2.79. The van der Waals surface area contributed by atoms with Gasteiger partial charge in [-0.2, -0.15) is 0 Å². The van der Waals surface area contributed by atoms with Crippen molar-refractivity contribution in [1.82, 2.24) is 9.97 Å². The van der Waals surface area contributed by atoms with E-state index in [4.69, 9.17) is 16.2 Å². The van der Waals surface area contributed by atoms with Gasteiger partial charge in [0.2, 0.25) is 0 Å². The number of amides is 1. The second kappa shape index (κ2) is 10.6. The molecule has 0 radical (unpaired) electrons. The summed E-state index contributed by atoms with van der Waals surface area (Å²) in [5.41, 5.74) is 12.8. The third kappa shape index (κ3) is 5.32. The van der Waals surface area contributed by atoms with Crippen molar-refractivity contribution in [2.24, 2.45) is 5.73 Å². The van der Waals surface area contributed by atoms with E-state index < -0.39 is 23.1 Å². The lowest BCUT2D eigenvalue weighted by atomic mass is 10.1. The molecule has 5 N–H and O–H groups in total. The van der Waals surface area contributed by atoms with Gasteiger partial charge in [0.25, 0.3) is 5.91 Å². The Morgan fingerprint density at radius 1 is 1.26 bits per heavy atom. The van der Waals surface area contributed by atoms with Crippen LogP contribution in [0.2, 0.25) is 0 Å². The topological polar surface area (TPSA) is 119 Å². The van der Waals surface area contributed by atoms with Crippen molar-refractivity contribution in [3.05, 3.63) is 60.1 Å². The summed E-state index contributed by atoms with van der Waals surface area (Å²) in [6, 6.07) is 6.92. The molecule has 3 heterocycles. The quantitative estimate of drug-likeness (QED) is 0.466. The zero-order valence-electron chi connectivity index (χ0n) is 19.4. The first-order valence-electron chi connectivity index (χ1n) is 11.5. The van der Waals surface area contributed by atoms with Crippen molar-refractivity contribution in [3.63, 3.8) is 0 Å². The van der Waals surface area contributed by atoms with Crippen molar-refractivity contribution < 1.29 is 18.3 Å². The monoisotopic (exact) mass is 482 g/mol. The smallest absolute Gasteiger partial charge is 0.276 e. The molecule has 1 aliphatic rings. The Balaban J connectivity index is 1.64. The average Bonchev–Trinajstić information content (AvgIpc) is 2.85. The van der Waals surface area contributed by atoms with Crippen LogP contribution in [-0.2, 0) is 0 Å². The SMILES string of the molecule is CCCOc1ccc(F)c(-c2ccc(N)c(C(=O)Nc3cnccc3N3CCC[C@H](N)C3)n2)c1F. The Morgan fingerprint density at radius 2 is 2.09 bits per heavy atom. The molecule has 184 valence electrons. The minimum atomic E-state index is -0.891. The average molecular weight is 483 g/mol. The van der Waals surface area contributed by atoms with Gasteiger partial charge in [0, 0.05) is 25.3 Å². The molecular formula is C25H28F2N6O2. The Bertz CT molecular complexity index is 1220. The zero-order chi connectivity index (χ0) is 24.9. The minimum absolute atomic E-state index is 0.0383. The number of rotatable bonds is 7. The van der Waals surface area contributed by atoms with Crippen LogP contribution in [0.3, 0.4) is 0 Å². The number of halogens is 2. The maximum atomic E-state index is 15.1. The summed E-state index contributed by atoms with van der Waals surface area (Å²) in [5.74, 6) is -2.43. The number of nitrogen functional groups attached to an aromatic ring is 1. The molecule has 35 heavy (non-hydrogen) atoms. The van der Waals surface area contributed by atoms with Crippen molar-refractivity contribution in [3.8, 4) is 17.0 Å². The van der Waals surface area contributed by atoms with Crippen LogP contribution >= 0.6 is 0 Å². The molecule has 1 fully saturated rings. The van der Waals surface area contributed by atoms with Crippen LogP contribution in [0.4, 0.5) is 25.8 Å². The van der Waals surface area contributed by atoms with Gasteiger partial charge >= 0.3 is 0 Å². The van der Waals surface area contributed by atoms with Crippen LogP contribution in [0.25, 0.3) is 11.3 Å². The van der Waals surface area contributed by atoms with Crippen LogP contribution in [0, 0.1) is 11.6 Å². The number of benzene rings is 1. The lowest BCUT2D eigenvalue weighted by molar-refractivity contribution is 0.102. The summed E-state index contributed by atoms with van der Waals surface area (Å²) in [6.07, 6.45) is 5.70. The van der Waals surface area contributed by atoms with Crippen LogP contribution in [0.15, 0.2) is 42.7 Å². The van der Waals surface area contributed by atoms with E-state index in [-0.39, 0.29) is 35.5 Å². The highest BCUT2D eigenvalue weighted by molar-refractivity contribution is 6.08. The standard InChI is InChI=1S/C25H28F2N6O2/c1-2-12-35-21-8-5-16(26)22(23(21)27)18-7-6-17(29)24(31-18)25(34)32-19-13-30-10-9-20(19)33-11-3-4-15(28)14-33/h5-10,13,15H,2-4,11-12,14,28-29H2,1H3,(H,32,34)/t15-/m0/s1. The first-order valence-corrected chi connectivity index (χ1v) is 11.5. The van der Waals surface area contributed by atoms with E-state index >= 15 is 4.39 Å². The van der Waals surface area contributed by atoms with E-state index in [0.29, 0.717) is 18.7 Å². The normalized spacial score (nSPS) is 15.7. The van der Waals surface area contributed by atoms with Crippen LogP contribution in [0.1, 0.15) is 36.7 Å². The van der Waals surface area contributed by atoms with E-state index in [2.05, 4.69) is 20.2 Å². The zero-order valence-corrected chi connectivity index (χ0v) is 19.4. The van der Waals surface area contributed by atoms with Gasteiger partial charge in [0.15, 0.2) is 17.3 Å². The number of anilines is 3. The molecule has 0 aliphatic carbocycles. The fraction of sp³-hybridized carbons (Fsp3) is 0.320. The Labute approximate surface area is 202 Å². The number of carbonyl (C=O) groups is 1. The molecule has 10 heteroatoms. The van der Waals surface area contributed by atoms with E-state index in [1.165, 1.54) is 24.4 Å². The predicted octanol–water partition coefficient (Wildman–Crippen LogP) is 3.97. The fourth-order valence-corrected chi connectivity index (χ4v) is 4.05. The van der Waals surface area contributed by atoms with Gasteiger partial charge in [-0.25, -0.2) is 13.8 Å². The number of nitrogens with one attached hydrogen (secondary N) is 1. The number of ether oxygens (including phenoxy) is 1. The molecule has 2 aromatic heterocycles. The van der Waals surface area contributed by atoms with Gasteiger partial charge in [0.1, 0.15) is 5.82 Å². The van der Waals surface area contributed by atoms with E-state index in [1.54, 1.807) is 12.3 Å². The molecule has 4 rings (SSSR count). The third-order valence-corrected chi connectivity index (χ3v) is 5.76. The molecule has 1 atom stereocenters. The highest BCUT2D eigenvalue weighted by Gasteiger charge is 2.23. The van der Waals surface area contributed by atoms with Gasteiger partial charge in [-0.1, -0.05) is 6.92 Å². The van der Waals surface area contributed by atoms with Gasteiger partial charge in [-0.15, -0.1) is 0 Å². The second-order valence-electron chi connectivity index (χ2n) is 8.41. The largest absolute Gasteiger partial charge is 0.491 e. The number of piperidine rings is 1. The maximum Gasteiger partial charge on any atom is 0.276 e. The van der Waals surface area contributed by atoms with Crippen LogP contribution < -0.4 is 26.4 Å². The summed E-state index contributed by atoms with van der Waals surface area (Å²) >= 11 is 0. The number of hydrogen-bond acceptors (Lipinski definition) is 7. The first-order chi connectivity index (χ1) is 16.9. The van der Waals surface area contributed by atoms with E-state index in [1.807, 2.05) is 6.92 Å². The Morgan fingerprint density at radius 3 is 2.86 bits per heavy atom. The van der Waals surface area contributed by atoms with Gasteiger partial charge in [0.05, 0.1) is 41.1 Å². The Hall–Kier alpha value is -3.79. The number of aromatic nitrogens is 2. The number of nitrogens with zero attached hydrogens (tertiary/aromatic N) is 3. The molecule has 1 aromatic carbocycles. The summed E-state index contributed by atoms with van der Waals surface area (Å²) < 4.78 is 35.0. The lowest BCUT2D eigenvalue weighted by Crippen LogP contribution is -2.43. The third-order valence-electron chi connectivity index (χ3n) is 5.76. The molecule has 1 saturated heterocycles. The van der Waals surface area contributed by atoms with Crippen LogP contribution in [0.5, 0.6) is 5.75 Å². The molecule has 1 aliphatic heterocycles. The fourth-order valence-electron chi connectivity index (χ4n) is 4.05. The number of hydrogen-bond donors (Lipinski definition) is 3. The highest BCUT2D eigenvalue weighted by atomic mass is 19.1. The molecule has 0 spiro atoms. The second-order valence-corrected chi connectivity index (χ2v) is 8.41. The molecule has 3 aromatic rings. The number of carbonyl (C=O) groups excluding carboxylic acids is 1. The maximum absolute atomic E-state index is 15.1. The summed E-state index contributed by atoms with van der Waals surface area (Å²) in [4.78, 5) is 23.6. The number of pyridine rings is 2. The van der Waals surface area contributed by atoms with Gasteiger partial charge in [-0.3, -0.25) is 9.78 Å².